The van der Waals surface area contributed by atoms with Crippen molar-refractivity contribution in [3.05, 3.63) is 95.1 Å². The minimum absolute atomic E-state index is 0.380. The van der Waals surface area contributed by atoms with Crippen molar-refractivity contribution in [2.24, 2.45) is 0 Å². The summed E-state index contributed by atoms with van der Waals surface area (Å²) in [6.07, 6.45) is 0. The average molecular weight is 306 g/mol. The fourth-order valence-corrected chi connectivity index (χ4v) is 2.96. The standard InChI is InChI=1S/C21H20O2/c1-15-3-5-16(6-4-15)21(2,17-7-11-19(22)12-8-17)18-9-13-20(23)14-10-18/h3-14,22-23H,1-2H3/i/hD2. The molecule has 0 spiro atoms. The van der Waals surface area contributed by atoms with Crippen LogP contribution in [-0.4, -0.2) is 13.1 Å². The lowest BCUT2D eigenvalue weighted by Gasteiger charge is -2.32. The van der Waals surface area contributed by atoms with Crippen LogP contribution in [0.1, 0.15) is 29.2 Å². The summed E-state index contributed by atoms with van der Waals surface area (Å²) in [4.78, 5) is 0. The third-order valence-corrected chi connectivity index (χ3v) is 4.49. The molecule has 3 aromatic carbocycles. The molecule has 0 saturated carbocycles. The third-order valence-electron chi connectivity index (χ3n) is 4.49. The Balaban J connectivity index is 2.16. The molecule has 0 aliphatic carbocycles. The van der Waals surface area contributed by atoms with Gasteiger partial charge in [-0.05, 0) is 54.8 Å². The minimum atomic E-state index is -0.380. The molecule has 0 bridgehead atoms. The zero-order chi connectivity index (χ0) is 17.9. The van der Waals surface area contributed by atoms with E-state index in [0.29, 0.717) is 11.5 Å². The molecule has 0 aromatic heterocycles. The molecule has 0 amide bonds. The van der Waals surface area contributed by atoms with Gasteiger partial charge in [0.1, 0.15) is 11.5 Å². The molecule has 3 rings (SSSR count). The molecule has 2 N–H and O–H groups in total. The summed E-state index contributed by atoms with van der Waals surface area (Å²) in [5.74, 6) is 1.01. The highest BCUT2D eigenvalue weighted by atomic mass is 16.3. The van der Waals surface area contributed by atoms with Crippen LogP contribution in [0.4, 0.5) is 0 Å². The van der Waals surface area contributed by atoms with Crippen molar-refractivity contribution in [2.45, 2.75) is 19.3 Å². The lowest BCUT2D eigenvalue weighted by Crippen LogP contribution is -2.25. The minimum Gasteiger partial charge on any atom is -0.508 e. The number of phenols is 2. The van der Waals surface area contributed by atoms with E-state index in [9.17, 15) is 0 Å². The number of rotatable bonds is 5. The second-order valence-electron chi connectivity index (χ2n) is 6.04. The predicted octanol–water partition coefficient (Wildman–Crippen LogP) is 4.76. The van der Waals surface area contributed by atoms with Crippen LogP contribution in [0, 0.1) is 6.92 Å². The van der Waals surface area contributed by atoms with Crippen molar-refractivity contribution >= 4 is 0 Å². The Labute approximate surface area is 139 Å². The number of hydrogen-bond donors (Lipinski definition) is 2. The Morgan fingerprint density at radius 1 is 0.652 bits per heavy atom. The molecular weight excluding hydrogens is 284 g/mol. The molecule has 0 radical (unpaired) electrons. The molecule has 2 heteroatoms. The first-order chi connectivity index (χ1) is 12.1. The maximum Gasteiger partial charge on any atom is 0.293 e. The zero-order valence-corrected chi connectivity index (χ0v) is 13.2. The van der Waals surface area contributed by atoms with Crippen LogP contribution in [-0.2, 0) is 5.41 Å². The van der Waals surface area contributed by atoms with E-state index in [2.05, 4.69) is 48.3 Å². The molecule has 0 saturated heterocycles. The van der Waals surface area contributed by atoms with Crippen molar-refractivity contribution < 1.29 is 10.2 Å². The van der Waals surface area contributed by atoms with Crippen molar-refractivity contribution in [3.63, 3.8) is 0 Å². The Kier molecular flexibility index (Phi) is 3.22. The van der Waals surface area contributed by atoms with E-state index >= 15 is 0 Å². The highest BCUT2D eigenvalue weighted by molar-refractivity contribution is 5.51. The summed E-state index contributed by atoms with van der Waals surface area (Å²) in [5, 5.41) is 9.10. The van der Waals surface area contributed by atoms with E-state index in [0.717, 1.165) is 16.7 Å². The largest absolute Gasteiger partial charge is 0.508 e. The Hall–Kier alpha value is -2.74. The Morgan fingerprint density at radius 3 is 1.35 bits per heavy atom. The van der Waals surface area contributed by atoms with Gasteiger partial charge in [-0.2, -0.15) is 0 Å². The van der Waals surface area contributed by atoms with Gasteiger partial charge in [0.15, 0.2) is 0 Å². The van der Waals surface area contributed by atoms with Crippen LogP contribution < -0.4 is 0 Å². The van der Waals surface area contributed by atoms with E-state index < -0.39 is 0 Å². The van der Waals surface area contributed by atoms with Gasteiger partial charge in [0.05, 0.1) is 0 Å². The van der Waals surface area contributed by atoms with E-state index in [1.807, 2.05) is 24.3 Å². The zero-order valence-electron chi connectivity index (χ0n) is 15.2. The maximum absolute atomic E-state index is 7.04. The average Bonchev–Trinajstić information content (AvgIpc) is 2.68. The first-order valence-corrected chi connectivity index (χ1v) is 7.62. The number of benzene rings is 3. The molecular formula is C21H20O2. The van der Waals surface area contributed by atoms with Gasteiger partial charge < -0.3 is 10.2 Å². The number of phenolic OH excluding ortho intramolecular Hbond substituents is 2. The first kappa shape index (κ1) is 12.8. The van der Waals surface area contributed by atoms with Crippen molar-refractivity contribution in [3.8, 4) is 11.5 Å². The van der Waals surface area contributed by atoms with E-state index in [-0.39, 0.29) is 5.41 Å². The molecule has 0 unspecified atom stereocenters. The maximum atomic E-state index is 7.04. The first-order valence-electron chi connectivity index (χ1n) is 8.44. The smallest absolute Gasteiger partial charge is 0.293 e. The lowest BCUT2D eigenvalue weighted by molar-refractivity contribution is 0.474. The topological polar surface area (TPSA) is 40.5 Å². The molecule has 2 nitrogen and oxygen atoms in total. The van der Waals surface area contributed by atoms with Gasteiger partial charge in [-0.15, -0.1) is 0 Å². The van der Waals surface area contributed by atoms with Crippen LogP contribution in [0.25, 0.3) is 0 Å². The number of aromatic hydroxyl groups is 2. The van der Waals surface area contributed by atoms with Gasteiger partial charge in [0.25, 0.3) is 2.86 Å². The van der Waals surface area contributed by atoms with Gasteiger partial charge in [0, 0.05) is 5.41 Å². The Bertz CT molecular complexity index is 778. The summed E-state index contributed by atoms with van der Waals surface area (Å²) in [6.45, 7) is 4.24. The molecule has 116 valence electrons. The summed E-state index contributed by atoms with van der Waals surface area (Å²) < 4.78 is 14.1. The summed E-state index contributed by atoms with van der Waals surface area (Å²) in [7, 11) is 0. The van der Waals surface area contributed by atoms with Gasteiger partial charge >= 0.3 is 0 Å². The van der Waals surface area contributed by atoms with Crippen molar-refractivity contribution in [1.29, 1.82) is 2.86 Å². The molecule has 0 heterocycles. The number of aryl methyl sites for hydroxylation is 1. The molecule has 0 fully saturated rings. The normalized spacial score (nSPS) is 12.3. The highest BCUT2D eigenvalue weighted by Crippen LogP contribution is 2.39. The molecule has 3 aromatic rings. The van der Waals surface area contributed by atoms with Crippen molar-refractivity contribution in [1.82, 2.24) is 0 Å². The Morgan fingerprint density at radius 2 is 1.00 bits per heavy atom. The predicted molar refractivity (Wildman–Crippen MR) is 92.9 cm³/mol. The van der Waals surface area contributed by atoms with Gasteiger partial charge in [0.2, 0.25) is 0 Å². The van der Waals surface area contributed by atoms with Crippen LogP contribution in [0.5, 0.6) is 11.5 Å². The van der Waals surface area contributed by atoms with Gasteiger partial charge in [-0.25, -0.2) is 0 Å². The van der Waals surface area contributed by atoms with Gasteiger partial charge in [-0.3, -0.25) is 0 Å². The molecule has 0 aliphatic rings. The molecule has 23 heavy (non-hydrogen) atoms. The van der Waals surface area contributed by atoms with Gasteiger partial charge in [-0.1, -0.05) is 54.1 Å². The fraction of sp³-hybridized carbons (Fsp3) is 0.143. The second-order valence-corrected chi connectivity index (χ2v) is 6.04. The SMILES string of the molecule is [2H]Oc1ccc(C(C)(c2ccc(C)cc2)c2ccc(O[2H])cc2)cc1. The summed E-state index contributed by atoms with van der Waals surface area (Å²) >= 11 is 0. The highest BCUT2D eigenvalue weighted by Gasteiger charge is 2.31. The van der Waals surface area contributed by atoms with Crippen LogP contribution in [0.2, 0.25) is 0 Å². The van der Waals surface area contributed by atoms with E-state index in [1.54, 1.807) is 24.3 Å². The quantitative estimate of drug-likeness (QED) is 0.667. The molecule has 0 aliphatic heterocycles. The fourth-order valence-electron chi connectivity index (χ4n) is 2.96. The lowest BCUT2D eigenvalue weighted by atomic mass is 9.71. The molecule has 0 atom stereocenters. The summed E-state index contributed by atoms with van der Waals surface area (Å²) in [5.41, 5.74) is 4.18. The van der Waals surface area contributed by atoms with Crippen LogP contribution in [0.3, 0.4) is 0 Å². The second kappa shape index (κ2) is 5.81. The number of hydrogen-bond acceptors (Lipinski definition) is 2. The third kappa shape index (κ3) is 2.80. The van der Waals surface area contributed by atoms with Crippen molar-refractivity contribution in [2.75, 3.05) is 0 Å². The monoisotopic (exact) mass is 306 g/mol. The van der Waals surface area contributed by atoms with Crippen LogP contribution >= 0.6 is 0 Å². The van der Waals surface area contributed by atoms with E-state index in [4.69, 9.17) is 2.86 Å². The van der Waals surface area contributed by atoms with E-state index in [1.165, 1.54) is 5.56 Å². The van der Waals surface area contributed by atoms with Crippen LogP contribution in [0.15, 0.2) is 72.8 Å². The summed E-state index contributed by atoms with van der Waals surface area (Å²) in [6, 6.07) is 23.6.